The molecule has 4 heteroatoms. The van der Waals surface area contributed by atoms with Crippen molar-refractivity contribution in [1.82, 2.24) is 14.7 Å². The molecule has 1 saturated carbocycles. The van der Waals surface area contributed by atoms with Crippen LogP contribution in [0.3, 0.4) is 0 Å². The molecule has 0 N–H and O–H groups in total. The van der Waals surface area contributed by atoms with Gasteiger partial charge in [0.05, 0.1) is 17.4 Å². The van der Waals surface area contributed by atoms with E-state index in [2.05, 4.69) is 76.2 Å². The van der Waals surface area contributed by atoms with E-state index in [1.165, 1.54) is 27.5 Å². The highest BCUT2D eigenvalue weighted by atomic mass is 127. The Bertz CT molecular complexity index is 789. The molecule has 1 aromatic carbocycles. The SMILES string of the molecule is CN1C=C(n2ncc3cc(I)ccc32)C=CC1=C1CC1. The van der Waals surface area contributed by atoms with Crippen LogP contribution in [0.4, 0.5) is 0 Å². The van der Waals surface area contributed by atoms with Crippen LogP contribution in [0.2, 0.25) is 0 Å². The van der Waals surface area contributed by atoms with Crippen LogP contribution >= 0.6 is 22.6 Å². The van der Waals surface area contributed by atoms with E-state index in [1.54, 1.807) is 5.57 Å². The lowest BCUT2D eigenvalue weighted by Crippen LogP contribution is -2.14. The Balaban J connectivity index is 1.79. The van der Waals surface area contributed by atoms with Crippen molar-refractivity contribution in [3.05, 3.63) is 57.6 Å². The van der Waals surface area contributed by atoms with Gasteiger partial charge >= 0.3 is 0 Å². The fourth-order valence-corrected chi connectivity index (χ4v) is 3.13. The van der Waals surface area contributed by atoms with E-state index in [0.29, 0.717) is 0 Å². The van der Waals surface area contributed by atoms with E-state index in [0.717, 1.165) is 11.2 Å². The summed E-state index contributed by atoms with van der Waals surface area (Å²) in [5.41, 5.74) is 5.16. The van der Waals surface area contributed by atoms with E-state index >= 15 is 0 Å². The minimum atomic E-state index is 1.11. The maximum Gasteiger partial charge on any atom is 0.0815 e. The van der Waals surface area contributed by atoms with Crippen LogP contribution in [0.15, 0.2) is 54.0 Å². The molecule has 1 fully saturated rings. The Hall–Kier alpha value is -1.56. The summed E-state index contributed by atoms with van der Waals surface area (Å²) in [7, 11) is 2.11. The monoisotopic (exact) mass is 375 g/mol. The lowest BCUT2D eigenvalue weighted by molar-refractivity contribution is 0.578. The Morgan fingerprint density at radius 1 is 1.20 bits per heavy atom. The Morgan fingerprint density at radius 2 is 2.05 bits per heavy atom. The molecule has 0 unspecified atom stereocenters. The fourth-order valence-electron chi connectivity index (χ4n) is 2.61. The van der Waals surface area contributed by atoms with Crippen LogP contribution in [0, 0.1) is 3.57 Å². The van der Waals surface area contributed by atoms with Crippen LogP contribution < -0.4 is 0 Å². The molecule has 2 heterocycles. The molecule has 20 heavy (non-hydrogen) atoms. The Morgan fingerprint density at radius 3 is 2.80 bits per heavy atom. The first-order chi connectivity index (χ1) is 9.72. The predicted molar refractivity (Wildman–Crippen MR) is 89.9 cm³/mol. The van der Waals surface area contributed by atoms with Crippen LogP contribution in [-0.4, -0.2) is 21.7 Å². The molecule has 0 amide bonds. The molecule has 1 aliphatic carbocycles. The molecule has 2 aliphatic rings. The third-order valence-electron chi connectivity index (χ3n) is 3.75. The molecular weight excluding hydrogens is 361 g/mol. The van der Waals surface area contributed by atoms with Gasteiger partial charge in [0.1, 0.15) is 0 Å². The second kappa shape index (κ2) is 4.48. The Kier molecular flexibility index (Phi) is 2.73. The van der Waals surface area contributed by atoms with Crippen LogP contribution in [0.1, 0.15) is 12.8 Å². The number of halogens is 1. The van der Waals surface area contributed by atoms with Gasteiger partial charge in [0, 0.05) is 27.9 Å². The van der Waals surface area contributed by atoms with E-state index in [9.17, 15) is 0 Å². The third kappa shape index (κ3) is 1.98. The molecule has 0 spiro atoms. The number of hydrogen-bond donors (Lipinski definition) is 0. The first-order valence-electron chi connectivity index (χ1n) is 6.71. The van der Waals surface area contributed by atoms with Crippen LogP contribution in [0.5, 0.6) is 0 Å². The summed E-state index contributed by atoms with van der Waals surface area (Å²) in [6.45, 7) is 0. The Labute approximate surface area is 131 Å². The molecule has 0 saturated heterocycles. The lowest BCUT2D eigenvalue weighted by Gasteiger charge is -2.21. The van der Waals surface area contributed by atoms with E-state index in [-0.39, 0.29) is 0 Å². The summed E-state index contributed by atoms with van der Waals surface area (Å²) in [6.07, 6.45) is 10.9. The summed E-state index contributed by atoms with van der Waals surface area (Å²) in [4.78, 5) is 2.21. The number of rotatable bonds is 1. The zero-order valence-corrected chi connectivity index (χ0v) is 13.3. The van der Waals surface area contributed by atoms with Crippen molar-refractivity contribution < 1.29 is 0 Å². The molecule has 3 nitrogen and oxygen atoms in total. The van der Waals surface area contributed by atoms with Gasteiger partial charge in [-0.1, -0.05) is 0 Å². The molecule has 100 valence electrons. The van der Waals surface area contributed by atoms with Crippen molar-refractivity contribution in [3.8, 4) is 0 Å². The summed E-state index contributed by atoms with van der Waals surface area (Å²) < 4.78 is 3.24. The van der Waals surface area contributed by atoms with Crippen molar-refractivity contribution in [2.45, 2.75) is 12.8 Å². The molecule has 4 rings (SSSR count). The quantitative estimate of drug-likeness (QED) is 0.703. The fraction of sp³-hybridized carbons (Fsp3) is 0.188. The third-order valence-corrected chi connectivity index (χ3v) is 4.43. The number of aromatic nitrogens is 2. The topological polar surface area (TPSA) is 21.1 Å². The summed E-state index contributed by atoms with van der Waals surface area (Å²) in [6, 6.07) is 6.41. The number of fused-ring (bicyclic) bond motifs is 1. The number of nitrogens with zero attached hydrogens (tertiary/aromatic N) is 3. The van der Waals surface area contributed by atoms with Crippen molar-refractivity contribution >= 4 is 39.2 Å². The minimum absolute atomic E-state index is 1.11. The maximum atomic E-state index is 4.53. The largest absolute Gasteiger partial charge is 0.349 e. The first-order valence-corrected chi connectivity index (χ1v) is 7.79. The predicted octanol–water partition coefficient (Wildman–Crippen LogP) is 3.99. The van der Waals surface area contributed by atoms with Crippen LogP contribution in [-0.2, 0) is 0 Å². The highest BCUT2D eigenvalue weighted by Gasteiger charge is 2.20. The molecule has 1 aromatic heterocycles. The van der Waals surface area contributed by atoms with Crippen molar-refractivity contribution in [3.63, 3.8) is 0 Å². The summed E-state index contributed by atoms with van der Waals surface area (Å²) >= 11 is 2.33. The van der Waals surface area contributed by atoms with Gasteiger partial charge < -0.3 is 4.90 Å². The number of allylic oxidation sites excluding steroid dienone is 4. The van der Waals surface area contributed by atoms with Gasteiger partial charge in [0.2, 0.25) is 0 Å². The van der Waals surface area contributed by atoms with E-state index in [1.807, 2.05) is 10.9 Å². The number of likely N-dealkylation sites (N-methyl/N-ethyl adjacent to an activating group) is 1. The second-order valence-electron chi connectivity index (χ2n) is 5.25. The summed E-state index contributed by atoms with van der Waals surface area (Å²) in [5, 5.41) is 5.71. The minimum Gasteiger partial charge on any atom is -0.349 e. The zero-order chi connectivity index (χ0) is 13.7. The lowest BCUT2D eigenvalue weighted by atomic mass is 10.2. The van der Waals surface area contributed by atoms with Crippen molar-refractivity contribution in [2.75, 3.05) is 7.05 Å². The molecule has 1 aliphatic heterocycles. The van der Waals surface area contributed by atoms with Crippen LogP contribution in [0.25, 0.3) is 16.6 Å². The van der Waals surface area contributed by atoms with Gasteiger partial charge in [0.25, 0.3) is 0 Å². The maximum absolute atomic E-state index is 4.53. The van der Waals surface area contributed by atoms with Gasteiger partial charge in [-0.25, -0.2) is 4.68 Å². The average molecular weight is 375 g/mol. The molecule has 2 aromatic rings. The molecule has 0 radical (unpaired) electrons. The number of hydrogen-bond acceptors (Lipinski definition) is 2. The van der Waals surface area contributed by atoms with Gasteiger partial charge in [-0.2, -0.15) is 5.10 Å². The number of benzene rings is 1. The molecule has 0 bridgehead atoms. The molecular formula is C16H14IN3. The first kappa shape index (κ1) is 12.2. The highest BCUT2D eigenvalue weighted by molar-refractivity contribution is 14.1. The van der Waals surface area contributed by atoms with Gasteiger partial charge in [-0.15, -0.1) is 0 Å². The standard InChI is InChI=1S/C16H14IN3/c1-19-10-14(5-7-15(19)11-2-3-11)20-16-6-4-13(17)8-12(16)9-18-20/h4-10H,2-3H2,1H3. The average Bonchev–Trinajstić information content (AvgIpc) is 3.18. The molecule has 0 atom stereocenters. The van der Waals surface area contributed by atoms with Crippen molar-refractivity contribution in [1.29, 1.82) is 0 Å². The smallest absolute Gasteiger partial charge is 0.0815 e. The summed E-state index contributed by atoms with van der Waals surface area (Å²) in [5.74, 6) is 0. The van der Waals surface area contributed by atoms with E-state index in [4.69, 9.17) is 0 Å². The van der Waals surface area contributed by atoms with Gasteiger partial charge in [-0.05, 0) is 71.4 Å². The van der Waals surface area contributed by atoms with E-state index < -0.39 is 0 Å². The van der Waals surface area contributed by atoms with Gasteiger partial charge in [-0.3, -0.25) is 0 Å². The van der Waals surface area contributed by atoms with Crippen molar-refractivity contribution in [2.24, 2.45) is 0 Å². The highest BCUT2D eigenvalue weighted by Crippen LogP contribution is 2.35. The normalized spacial score (nSPS) is 17.9. The second-order valence-corrected chi connectivity index (χ2v) is 6.49. The van der Waals surface area contributed by atoms with Gasteiger partial charge in [0.15, 0.2) is 0 Å². The zero-order valence-electron chi connectivity index (χ0n) is 11.2.